The monoisotopic (exact) mass is 525 g/mol. The summed E-state index contributed by atoms with van der Waals surface area (Å²) >= 11 is 13.9. The van der Waals surface area contributed by atoms with Gasteiger partial charge in [-0.25, -0.2) is 9.36 Å². The van der Waals surface area contributed by atoms with E-state index in [4.69, 9.17) is 27.9 Å². The third kappa shape index (κ3) is 3.71. The molecule has 1 aromatic carbocycles. The van der Waals surface area contributed by atoms with Crippen molar-refractivity contribution >= 4 is 55.7 Å². The number of methoxy groups -OCH3 is 1. The molecule has 0 aliphatic heterocycles. The van der Waals surface area contributed by atoms with E-state index in [1.54, 1.807) is 24.4 Å². The summed E-state index contributed by atoms with van der Waals surface area (Å²) in [5.74, 6) is 0.435. The standard InChI is InChI=1S/C24H17Cl2N5O3S/c1-29-7-4-13-11-28-12-18(21(13)29)31-23(32)22-17(30(24(31)33)6-3-5-27)10-20(35-22)14-8-19(34-2)16(26)9-15(14)25/h4,7-12H,3,6H2,1-2H3. The molecule has 5 aromatic rings. The number of hydrogen-bond donors (Lipinski definition) is 0. The summed E-state index contributed by atoms with van der Waals surface area (Å²) in [7, 11) is 3.34. The number of hydrogen-bond acceptors (Lipinski definition) is 6. The first kappa shape index (κ1) is 23.2. The zero-order valence-corrected chi connectivity index (χ0v) is 20.9. The minimum absolute atomic E-state index is 0.0977. The molecule has 0 saturated carbocycles. The summed E-state index contributed by atoms with van der Waals surface area (Å²) in [6.45, 7) is 0.122. The Hall–Kier alpha value is -3.58. The van der Waals surface area contributed by atoms with Crippen molar-refractivity contribution in [1.82, 2.24) is 18.7 Å². The first-order valence-corrected chi connectivity index (χ1v) is 12.0. The van der Waals surface area contributed by atoms with Gasteiger partial charge in [-0.3, -0.25) is 14.3 Å². The molecule has 4 heterocycles. The van der Waals surface area contributed by atoms with Gasteiger partial charge in [0.15, 0.2) is 0 Å². The Bertz CT molecular complexity index is 1790. The van der Waals surface area contributed by atoms with Gasteiger partial charge in [-0.05, 0) is 24.3 Å². The molecule has 0 amide bonds. The Morgan fingerprint density at radius 2 is 1.97 bits per heavy atom. The van der Waals surface area contributed by atoms with Gasteiger partial charge >= 0.3 is 5.69 Å². The fourth-order valence-corrected chi connectivity index (χ4v) is 5.88. The number of aryl methyl sites for hydroxylation is 2. The van der Waals surface area contributed by atoms with Gasteiger partial charge in [0.2, 0.25) is 0 Å². The van der Waals surface area contributed by atoms with Crippen molar-refractivity contribution in [3.05, 3.63) is 73.7 Å². The van der Waals surface area contributed by atoms with E-state index >= 15 is 0 Å². The lowest BCUT2D eigenvalue weighted by atomic mass is 10.1. The highest BCUT2D eigenvalue weighted by atomic mass is 35.5. The molecule has 0 aliphatic rings. The van der Waals surface area contributed by atoms with Crippen LogP contribution < -0.4 is 16.0 Å². The van der Waals surface area contributed by atoms with Crippen LogP contribution in [0.5, 0.6) is 5.75 Å². The first-order valence-electron chi connectivity index (χ1n) is 10.4. The normalized spacial score (nSPS) is 11.3. The smallest absolute Gasteiger partial charge is 0.336 e. The number of nitrogens with zero attached hydrogens (tertiary/aromatic N) is 5. The Kier molecular flexibility index (Phi) is 5.89. The molecule has 0 radical (unpaired) electrons. The largest absolute Gasteiger partial charge is 0.495 e. The maximum absolute atomic E-state index is 13.7. The van der Waals surface area contributed by atoms with E-state index in [2.05, 4.69) is 11.1 Å². The lowest BCUT2D eigenvalue weighted by Gasteiger charge is -2.12. The molecule has 0 saturated heterocycles. The highest BCUT2D eigenvalue weighted by molar-refractivity contribution is 7.22. The average Bonchev–Trinajstić information content (AvgIpc) is 3.44. The zero-order valence-electron chi connectivity index (χ0n) is 18.6. The number of pyridine rings is 1. The van der Waals surface area contributed by atoms with E-state index in [0.717, 1.165) is 9.95 Å². The number of thiophene rings is 1. The molecular formula is C24H17Cl2N5O3S. The molecule has 0 aliphatic carbocycles. The molecule has 5 rings (SSSR count). The summed E-state index contributed by atoms with van der Waals surface area (Å²) < 4.78 is 10.1. The van der Waals surface area contributed by atoms with Crippen molar-refractivity contribution in [1.29, 1.82) is 5.26 Å². The van der Waals surface area contributed by atoms with E-state index in [1.807, 2.05) is 23.9 Å². The SMILES string of the molecule is COc1cc(-c2cc3c(s2)c(=O)n(-c2cncc4ccn(C)c24)c(=O)n3CCC#N)c(Cl)cc1Cl. The molecular weight excluding hydrogens is 509 g/mol. The van der Waals surface area contributed by atoms with Crippen molar-refractivity contribution in [2.75, 3.05) is 7.11 Å². The highest BCUT2D eigenvalue weighted by Gasteiger charge is 2.21. The number of halogens is 2. The van der Waals surface area contributed by atoms with Crippen molar-refractivity contribution < 1.29 is 4.74 Å². The van der Waals surface area contributed by atoms with Gasteiger partial charge in [-0.1, -0.05) is 23.2 Å². The maximum Gasteiger partial charge on any atom is 0.336 e. The average molecular weight is 526 g/mol. The van der Waals surface area contributed by atoms with Crippen LogP contribution in [0.15, 0.2) is 52.4 Å². The predicted molar refractivity (Wildman–Crippen MR) is 138 cm³/mol. The van der Waals surface area contributed by atoms with Gasteiger partial charge in [-0.2, -0.15) is 5.26 Å². The molecule has 0 bridgehead atoms. The quantitative estimate of drug-likeness (QED) is 0.321. The van der Waals surface area contributed by atoms with Crippen LogP contribution in [0.2, 0.25) is 10.0 Å². The number of rotatable bonds is 5. The molecule has 0 fully saturated rings. The van der Waals surface area contributed by atoms with Crippen molar-refractivity contribution in [3.8, 4) is 27.9 Å². The predicted octanol–water partition coefficient (Wildman–Crippen LogP) is 5.00. The van der Waals surface area contributed by atoms with Crippen LogP contribution in [0, 0.1) is 11.3 Å². The summed E-state index contributed by atoms with van der Waals surface area (Å²) in [5, 5.41) is 10.7. The second-order valence-electron chi connectivity index (χ2n) is 7.80. The van der Waals surface area contributed by atoms with Crippen molar-refractivity contribution in [3.63, 3.8) is 0 Å². The van der Waals surface area contributed by atoms with Gasteiger partial charge in [0.1, 0.15) is 10.4 Å². The van der Waals surface area contributed by atoms with Crippen LogP contribution in [-0.4, -0.2) is 25.8 Å². The van der Waals surface area contributed by atoms with Crippen LogP contribution in [0.1, 0.15) is 6.42 Å². The van der Waals surface area contributed by atoms with Gasteiger partial charge in [-0.15, -0.1) is 11.3 Å². The summed E-state index contributed by atoms with van der Waals surface area (Å²) in [4.78, 5) is 32.3. The fraction of sp³-hybridized carbons (Fsp3) is 0.167. The number of benzene rings is 1. The van der Waals surface area contributed by atoms with E-state index in [9.17, 15) is 14.9 Å². The third-order valence-electron chi connectivity index (χ3n) is 5.77. The van der Waals surface area contributed by atoms with E-state index in [0.29, 0.717) is 47.7 Å². The zero-order chi connectivity index (χ0) is 24.9. The van der Waals surface area contributed by atoms with Crippen molar-refractivity contribution in [2.45, 2.75) is 13.0 Å². The summed E-state index contributed by atoms with van der Waals surface area (Å²) in [5.41, 5.74) is 1.11. The van der Waals surface area contributed by atoms with E-state index in [-0.39, 0.29) is 13.0 Å². The number of aromatic nitrogens is 4. The van der Waals surface area contributed by atoms with Crippen LogP contribution in [0.3, 0.4) is 0 Å². The Labute approximate surface area is 212 Å². The molecule has 0 unspecified atom stereocenters. The fourth-order valence-electron chi connectivity index (χ4n) is 4.14. The summed E-state index contributed by atoms with van der Waals surface area (Å²) in [6.07, 6.45) is 5.12. The lowest BCUT2D eigenvalue weighted by Crippen LogP contribution is -2.38. The number of nitriles is 1. The minimum Gasteiger partial charge on any atom is -0.495 e. The van der Waals surface area contributed by atoms with E-state index < -0.39 is 11.2 Å². The van der Waals surface area contributed by atoms with Crippen molar-refractivity contribution in [2.24, 2.45) is 7.05 Å². The second-order valence-corrected chi connectivity index (χ2v) is 9.66. The first-order chi connectivity index (χ1) is 16.8. The molecule has 0 atom stereocenters. The Balaban J connectivity index is 1.86. The van der Waals surface area contributed by atoms with E-state index in [1.165, 1.54) is 29.2 Å². The van der Waals surface area contributed by atoms with Gasteiger partial charge in [0.05, 0.1) is 52.6 Å². The van der Waals surface area contributed by atoms with Crippen LogP contribution in [-0.2, 0) is 13.6 Å². The Morgan fingerprint density at radius 1 is 1.17 bits per heavy atom. The molecule has 0 spiro atoms. The highest BCUT2D eigenvalue weighted by Crippen LogP contribution is 2.40. The lowest BCUT2D eigenvalue weighted by molar-refractivity contribution is 0.415. The van der Waals surface area contributed by atoms with Crippen LogP contribution >= 0.6 is 34.5 Å². The molecule has 0 N–H and O–H groups in total. The summed E-state index contributed by atoms with van der Waals surface area (Å²) in [6, 6.07) is 8.94. The molecule has 4 aromatic heterocycles. The van der Waals surface area contributed by atoms with Crippen LogP contribution in [0.25, 0.3) is 37.2 Å². The minimum atomic E-state index is -0.544. The number of ether oxygens (including phenoxy) is 1. The van der Waals surface area contributed by atoms with Crippen LogP contribution in [0.4, 0.5) is 0 Å². The molecule has 35 heavy (non-hydrogen) atoms. The van der Waals surface area contributed by atoms with Gasteiger partial charge < -0.3 is 9.30 Å². The van der Waals surface area contributed by atoms with Gasteiger partial charge in [0, 0.05) is 41.8 Å². The molecule has 8 nitrogen and oxygen atoms in total. The third-order valence-corrected chi connectivity index (χ3v) is 7.53. The number of fused-ring (bicyclic) bond motifs is 2. The Morgan fingerprint density at radius 3 is 2.71 bits per heavy atom. The molecule has 11 heteroatoms. The molecule has 176 valence electrons. The van der Waals surface area contributed by atoms with Gasteiger partial charge in [0.25, 0.3) is 5.56 Å². The topological polar surface area (TPSA) is 94.8 Å². The second kappa shape index (κ2) is 8.89. The maximum atomic E-state index is 13.7.